The van der Waals surface area contributed by atoms with E-state index in [0.717, 1.165) is 53.5 Å². The minimum absolute atomic E-state index is 0.0683. The molecular weight excluding hydrogens is 875 g/mol. The molecule has 0 aliphatic heterocycles. The van der Waals surface area contributed by atoms with Crippen LogP contribution in [0.15, 0.2) is 53.6 Å². The van der Waals surface area contributed by atoms with Crippen molar-refractivity contribution >= 4 is 44.3 Å². The van der Waals surface area contributed by atoms with E-state index in [1.165, 1.54) is 0 Å². The number of sulfonamides is 1. The standard InChI is InChI=1S/C36H26ClF9N10O4S/c1-61(59,60)53-34-28-20(37)2-3-23(30(28)54(52-34)12-24(41)42)56-26(58)9-21(33-47-10-17(40)11-48-33)50-35(56)22(6-14-4-15(38)7-16(39)5-14)49-25(57)13-55-31-27(29(51-55)32(43)44)18-8-19(18)36(31,45)46/h2-5,7,9-11,18-19,22,24,32H,6,8,12-13H2,1H3,(H,49,57)(H,52,53)/t18-,19+,22-/m0/s1. The molecule has 1 amide bonds. The number of hydrogen-bond acceptors (Lipinski definition) is 9. The van der Waals surface area contributed by atoms with Gasteiger partial charge in [-0.2, -0.15) is 19.0 Å². The predicted octanol–water partition coefficient (Wildman–Crippen LogP) is 6.19. The second kappa shape index (κ2) is 15.1. The van der Waals surface area contributed by atoms with Gasteiger partial charge in [0.25, 0.3) is 24.3 Å². The average molecular weight is 901 g/mol. The zero-order valence-electron chi connectivity index (χ0n) is 30.7. The summed E-state index contributed by atoms with van der Waals surface area (Å²) < 4.78 is 159. The Bertz CT molecular complexity index is 2910. The Labute approximate surface area is 341 Å². The van der Waals surface area contributed by atoms with Crippen molar-refractivity contribution in [3.8, 4) is 17.2 Å². The molecule has 4 aromatic heterocycles. The number of anilines is 1. The summed E-state index contributed by atoms with van der Waals surface area (Å²) in [6.07, 6.45) is -4.94. The van der Waals surface area contributed by atoms with Gasteiger partial charge in [0.2, 0.25) is 15.9 Å². The first-order valence-electron chi connectivity index (χ1n) is 17.8. The van der Waals surface area contributed by atoms with Gasteiger partial charge in [-0.1, -0.05) is 11.6 Å². The van der Waals surface area contributed by atoms with Crippen LogP contribution < -0.4 is 15.6 Å². The normalized spacial score (nSPS) is 17.2. The van der Waals surface area contributed by atoms with E-state index in [1.807, 2.05) is 0 Å². The maximum absolute atomic E-state index is 15.4. The molecule has 0 saturated heterocycles. The molecule has 2 aliphatic carbocycles. The molecule has 6 aromatic rings. The van der Waals surface area contributed by atoms with Crippen LogP contribution in [0, 0.1) is 23.4 Å². The number of nitrogens with one attached hydrogen (secondary N) is 2. The molecule has 320 valence electrons. The average Bonchev–Trinajstić information content (AvgIpc) is 3.68. The second-order valence-corrected chi connectivity index (χ2v) is 16.4. The van der Waals surface area contributed by atoms with Crippen LogP contribution >= 0.6 is 11.6 Å². The van der Waals surface area contributed by atoms with Crippen LogP contribution in [0.5, 0.6) is 0 Å². The Balaban J connectivity index is 1.34. The molecule has 0 unspecified atom stereocenters. The first-order valence-corrected chi connectivity index (χ1v) is 20.1. The zero-order valence-corrected chi connectivity index (χ0v) is 32.3. The van der Waals surface area contributed by atoms with Crippen LogP contribution in [-0.4, -0.2) is 66.1 Å². The summed E-state index contributed by atoms with van der Waals surface area (Å²) in [7, 11) is -4.14. The Hall–Kier alpha value is -6.04. The lowest BCUT2D eigenvalue weighted by Gasteiger charge is -2.24. The fourth-order valence-electron chi connectivity index (χ4n) is 7.61. The predicted molar refractivity (Wildman–Crippen MR) is 196 cm³/mol. The van der Waals surface area contributed by atoms with Crippen LogP contribution in [0.4, 0.5) is 45.3 Å². The third-order valence-corrected chi connectivity index (χ3v) is 10.8. The lowest BCUT2D eigenvalue weighted by molar-refractivity contribution is -0.123. The van der Waals surface area contributed by atoms with Crippen molar-refractivity contribution in [2.45, 2.75) is 56.7 Å². The third kappa shape index (κ3) is 7.88. The van der Waals surface area contributed by atoms with E-state index in [-0.39, 0.29) is 45.0 Å². The second-order valence-electron chi connectivity index (χ2n) is 14.3. The number of fused-ring (bicyclic) bond motifs is 4. The summed E-state index contributed by atoms with van der Waals surface area (Å²) in [5.74, 6) is -11.6. The number of aromatic nitrogens is 8. The fraction of sp³-hybridized carbons (Fsp3) is 0.306. The van der Waals surface area contributed by atoms with Gasteiger partial charge in [-0.25, -0.2) is 54.1 Å². The van der Waals surface area contributed by atoms with Crippen LogP contribution in [0.3, 0.4) is 0 Å². The van der Waals surface area contributed by atoms with Gasteiger partial charge in [-0.15, -0.1) is 0 Å². The highest BCUT2D eigenvalue weighted by molar-refractivity contribution is 7.92. The maximum atomic E-state index is 15.4. The summed E-state index contributed by atoms with van der Waals surface area (Å²) in [6.45, 7) is -2.31. The van der Waals surface area contributed by atoms with Crippen LogP contribution in [0.25, 0.3) is 28.1 Å². The van der Waals surface area contributed by atoms with Crippen LogP contribution in [0.2, 0.25) is 5.02 Å². The first-order chi connectivity index (χ1) is 28.7. The van der Waals surface area contributed by atoms with E-state index >= 15 is 8.78 Å². The molecule has 1 saturated carbocycles. The molecule has 4 heterocycles. The van der Waals surface area contributed by atoms with Crippen molar-refractivity contribution in [3.63, 3.8) is 0 Å². The number of alkyl halides is 6. The van der Waals surface area contributed by atoms with Crippen molar-refractivity contribution in [3.05, 3.63) is 110 Å². The summed E-state index contributed by atoms with van der Waals surface area (Å²) in [4.78, 5) is 40.5. The quantitative estimate of drug-likeness (QED) is 0.128. The smallest absolute Gasteiger partial charge is 0.293 e. The van der Waals surface area contributed by atoms with Gasteiger partial charge in [0.1, 0.15) is 47.6 Å². The summed E-state index contributed by atoms with van der Waals surface area (Å²) in [6, 6.07) is 3.56. The minimum Gasteiger partial charge on any atom is -0.344 e. The Morgan fingerprint density at radius 3 is 2.31 bits per heavy atom. The number of rotatable bonds is 13. The van der Waals surface area contributed by atoms with Gasteiger partial charge in [-0.05, 0) is 42.2 Å². The molecule has 0 radical (unpaired) electrons. The van der Waals surface area contributed by atoms with Gasteiger partial charge in [0, 0.05) is 30.0 Å². The molecule has 0 bridgehead atoms. The number of benzene rings is 2. The molecule has 14 nitrogen and oxygen atoms in total. The van der Waals surface area contributed by atoms with Gasteiger partial charge in [0.15, 0.2) is 17.5 Å². The summed E-state index contributed by atoms with van der Waals surface area (Å²) >= 11 is 6.47. The highest BCUT2D eigenvalue weighted by atomic mass is 35.5. The monoisotopic (exact) mass is 900 g/mol. The Morgan fingerprint density at radius 1 is 0.984 bits per heavy atom. The van der Waals surface area contributed by atoms with E-state index in [1.54, 1.807) is 0 Å². The molecule has 1 fully saturated rings. The van der Waals surface area contributed by atoms with E-state index in [2.05, 4.69) is 35.2 Å². The topological polar surface area (TPSA) is 172 Å². The molecule has 25 heteroatoms. The molecule has 3 atom stereocenters. The number of halogens is 10. The Kier molecular flexibility index (Phi) is 10.4. The highest BCUT2D eigenvalue weighted by Gasteiger charge is 2.67. The molecule has 2 aliphatic rings. The molecule has 61 heavy (non-hydrogen) atoms. The molecule has 8 rings (SSSR count). The number of amides is 1. The minimum atomic E-state index is -4.14. The van der Waals surface area contributed by atoms with Crippen LogP contribution in [-0.2, 0) is 40.3 Å². The maximum Gasteiger partial charge on any atom is 0.293 e. The van der Waals surface area contributed by atoms with Gasteiger partial charge >= 0.3 is 0 Å². The first kappa shape index (κ1) is 41.7. The lowest BCUT2D eigenvalue weighted by atomic mass is 10.0. The molecular formula is C36H26ClF9N10O4S. The SMILES string of the molecule is CS(=O)(=O)Nc1nn(CC(F)F)c2c(-n3c([C@H](Cc4cc(F)cc(F)c4)NC(=O)Cn4nc(C(F)F)c5c4C(F)(F)[C@@H]4C[C@H]54)nc(-c4ncc(F)cn4)cc3=O)ccc(Cl)c12. The van der Waals surface area contributed by atoms with E-state index < -0.39 is 124 Å². The number of nitrogens with zero attached hydrogens (tertiary/aromatic N) is 8. The number of carbonyl (C=O) groups excluding carboxylic acids is 1. The number of carbonyl (C=O) groups is 1. The highest BCUT2D eigenvalue weighted by Crippen LogP contribution is 2.68. The molecule has 2 N–H and O–H groups in total. The number of hydrogen-bond donors (Lipinski definition) is 2. The van der Waals surface area contributed by atoms with Gasteiger partial charge < -0.3 is 5.32 Å². The van der Waals surface area contributed by atoms with Crippen molar-refractivity contribution in [2.24, 2.45) is 5.92 Å². The van der Waals surface area contributed by atoms with E-state index in [0.29, 0.717) is 15.4 Å². The van der Waals surface area contributed by atoms with Crippen LogP contribution in [0.1, 0.15) is 53.1 Å². The third-order valence-electron chi connectivity index (χ3n) is 9.92. The van der Waals surface area contributed by atoms with Gasteiger partial charge in [0.05, 0.1) is 46.3 Å². The largest absolute Gasteiger partial charge is 0.344 e. The lowest BCUT2D eigenvalue weighted by Crippen LogP contribution is -2.38. The Morgan fingerprint density at radius 2 is 1.67 bits per heavy atom. The fourth-order valence-corrected chi connectivity index (χ4v) is 8.35. The van der Waals surface area contributed by atoms with Gasteiger partial charge in [-0.3, -0.25) is 28.2 Å². The summed E-state index contributed by atoms with van der Waals surface area (Å²) in [5.41, 5.74) is -4.62. The van der Waals surface area contributed by atoms with Crippen molar-refractivity contribution in [1.29, 1.82) is 0 Å². The zero-order chi connectivity index (χ0) is 43.9. The van der Waals surface area contributed by atoms with Crippen molar-refractivity contribution in [1.82, 2.24) is 44.4 Å². The van der Waals surface area contributed by atoms with Crippen molar-refractivity contribution in [2.75, 3.05) is 11.0 Å². The van der Waals surface area contributed by atoms with E-state index in [9.17, 15) is 48.7 Å². The molecule has 2 aromatic carbocycles. The molecule has 0 spiro atoms. The van der Waals surface area contributed by atoms with E-state index in [4.69, 9.17) is 11.6 Å². The summed E-state index contributed by atoms with van der Waals surface area (Å²) in [5, 5.41) is 9.55. The van der Waals surface area contributed by atoms with Crippen molar-refractivity contribution < 1.29 is 52.7 Å².